The second-order valence-electron chi connectivity index (χ2n) is 15.5. The highest BCUT2D eigenvalue weighted by molar-refractivity contribution is 7.20. The first-order valence-electron chi connectivity index (χ1n) is 19.8. The maximum atomic E-state index is 14.2. The lowest BCUT2D eigenvalue weighted by molar-refractivity contribution is -0.585. The Balaban J connectivity index is 0.000000468. The number of rotatable bonds is 8. The zero-order chi connectivity index (χ0) is 57.7. The van der Waals surface area contributed by atoms with Crippen LogP contribution in [0.2, 0.25) is 0 Å². The smallest absolute Gasteiger partial charge is 0.416 e. The molecule has 0 aliphatic carbocycles. The van der Waals surface area contributed by atoms with E-state index in [4.69, 9.17) is 0 Å². The number of carbonyl (C=O) groups excluding carboxylic acids is 2. The number of methoxy groups -OCH3 is 2. The summed E-state index contributed by atoms with van der Waals surface area (Å²) in [5, 5.41) is 0. The second-order valence-corrected chi connectivity index (χ2v) is 22.0. The lowest BCUT2D eigenvalue weighted by atomic mass is 9.12. The summed E-state index contributed by atoms with van der Waals surface area (Å²) in [6.07, 6.45) is -54.8. The fraction of sp³-hybridized carbons (Fsp3) is 0.227. The third-order valence-corrected chi connectivity index (χ3v) is 16.4. The monoisotopic (exact) mass is 1270 g/mol. The van der Waals surface area contributed by atoms with Gasteiger partial charge in [-0.25, -0.2) is 9.59 Å². The molecule has 76 heavy (non-hydrogen) atoms. The van der Waals surface area contributed by atoms with E-state index in [1.165, 1.54) is 36.9 Å². The zero-order valence-corrected chi connectivity index (χ0v) is 40.5. The van der Waals surface area contributed by atoms with Gasteiger partial charge >= 0.3 is 82.6 Å². The molecule has 0 unspecified atom stereocenters. The highest BCUT2D eigenvalue weighted by Crippen LogP contribution is 2.41. The van der Waals surface area contributed by atoms with Gasteiger partial charge in [-0.05, 0) is 36.4 Å². The minimum absolute atomic E-state index is 0.304. The van der Waals surface area contributed by atoms with Gasteiger partial charge in [0.2, 0.25) is 5.77 Å². The van der Waals surface area contributed by atoms with Crippen LogP contribution in [0.5, 0.6) is 0 Å². The van der Waals surface area contributed by atoms with Crippen LogP contribution in [0, 0.1) is 5.77 Å². The summed E-state index contributed by atoms with van der Waals surface area (Å²) < 4.78 is 352. The molecule has 4 aromatic carbocycles. The number of hydrogen-bond donors (Lipinski definition) is 0. The van der Waals surface area contributed by atoms with Crippen molar-refractivity contribution in [2.75, 3.05) is 14.2 Å². The van der Waals surface area contributed by atoms with Gasteiger partial charge in [0, 0.05) is 12.1 Å². The summed E-state index contributed by atoms with van der Waals surface area (Å²) in [5.74, 6) is -0.608. The van der Waals surface area contributed by atoms with Crippen LogP contribution in [0.1, 0.15) is 63.9 Å². The van der Waals surface area contributed by atoms with Crippen molar-refractivity contribution in [1.29, 1.82) is 0 Å². The Labute approximate surface area is 427 Å². The van der Waals surface area contributed by atoms with Crippen molar-refractivity contribution in [3.63, 3.8) is 0 Å². The average Bonchev–Trinajstić information content (AvgIpc) is 3.97. The van der Waals surface area contributed by atoms with Gasteiger partial charge in [0.15, 0.2) is 0 Å². The van der Waals surface area contributed by atoms with Crippen molar-refractivity contribution >= 4 is 62.6 Å². The molecule has 0 aliphatic rings. The molecular weight excluding hydrogens is 1250 g/mol. The Morgan fingerprint density at radius 1 is 0.342 bits per heavy atom. The van der Waals surface area contributed by atoms with Gasteiger partial charge in [0.25, 0.3) is 0 Å². The SMILES string of the molecule is COC(=O)c1ccc([I+]c2ccc(C(=O)OC)s2)s1.FC(F)(F)c1cc([B-](c2cc(C(F)(F)F)cc(C(F)(F)F)c2)(c2cc(C(F)(F)F)cc(C(F)(F)F)c2)c2cc(C(F)(F)F)cc(C(F)(F)F)c2)cc(C(F)(F)F)c1. The van der Waals surface area contributed by atoms with Crippen LogP contribution in [-0.2, 0) is 58.9 Å². The van der Waals surface area contributed by atoms with E-state index in [9.17, 15) is 115 Å². The predicted octanol–water partition coefficient (Wildman–Crippen LogP) is 10.7. The number of alkyl halides is 24. The van der Waals surface area contributed by atoms with Crippen molar-refractivity contribution in [3.05, 3.63) is 157 Å². The first kappa shape index (κ1) is 61.2. The average molecular weight is 1270 g/mol. The minimum atomic E-state index is -6.13. The molecule has 2 aromatic heterocycles. The lowest BCUT2D eigenvalue weighted by Crippen LogP contribution is -3.61. The Kier molecular flexibility index (Phi) is 17.1. The topological polar surface area (TPSA) is 52.6 Å². The van der Waals surface area contributed by atoms with Gasteiger partial charge in [-0.1, -0.05) is 71.2 Å². The number of halogens is 25. The summed E-state index contributed by atoms with van der Waals surface area (Å²) in [6.45, 7) is 0. The summed E-state index contributed by atoms with van der Waals surface area (Å²) in [6, 6.07) is -1.36. The molecule has 0 amide bonds. The maximum absolute atomic E-state index is 14.2. The minimum Gasteiger partial charge on any atom is -0.465 e. The van der Waals surface area contributed by atoms with Crippen molar-refractivity contribution < 1.29 is 146 Å². The molecule has 0 atom stereocenters. The predicted molar refractivity (Wildman–Crippen MR) is 219 cm³/mol. The standard InChI is InChI=1S/C32H12BF24.C12H10IO4S2/c34-25(35,36)13-1-14(26(37,38)39)6-21(5-13)33(22-7-15(27(40,41)42)2-16(8-22)28(43,44)45,23-9-17(29(46,47)48)3-18(10-23)30(49,50)51)24-11-19(31(52,53)54)4-20(12-24)32(55,56)57;1-16-11(14)7-3-5-9(18-7)13-10-6-4-8(19-10)12(15)17-2/h1-12H;3-6H,1-2H3/q-1;+1. The van der Waals surface area contributed by atoms with Gasteiger partial charge in [0.1, 0.15) is 15.9 Å². The number of carbonyl (C=O) groups is 2. The zero-order valence-electron chi connectivity index (χ0n) is 36.7. The molecule has 0 N–H and O–H groups in total. The van der Waals surface area contributed by atoms with Crippen LogP contribution in [0.25, 0.3) is 0 Å². The summed E-state index contributed by atoms with van der Waals surface area (Å²) >= 11 is 2.53. The first-order valence-corrected chi connectivity index (χ1v) is 23.6. The van der Waals surface area contributed by atoms with Crippen LogP contribution in [0.4, 0.5) is 105 Å². The van der Waals surface area contributed by atoms with E-state index in [0.29, 0.717) is 9.75 Å². The van der Waals surface area contributed by atoms with Crippen LogP contribution in [0.15, 0.2) is 97.1 Å². The van der Waals surface area contributed by atoms with Crippen molar-refractivity contribution in [3.8, 4) is 0 Å². The molecule has 412 valence electrons. The third kappa shape index (κ3) is 14.1. The summed E-state index contributed by atoms with van der Waals surface area (Å²) in [4.78, 5) is 23.9. The Morgan fingerprint density at radius 3 is 0.684 bits per heavy atom. The molecule has 4 nitrogen and oxygen atoms in total. The Hall–Kier alpha value is -5.67. The van der Waals surface area contributed by atoms with E-state index < -0.39 is 195 Å². The fourth-order valence-corrected chi connectivity index (χ4v) is 13.5. The lowest BCUT2D eigenvalue weighted by Gasteiger charge is -2.46. The van der Waals surface area contributed by atoms with Gasteiger partial charge in [-0.3, -0.25) is 0 Å². The number of hydrogen-bond acceptors (Lipinski definition) is 6. The van der Waals surface area contributed by atoms with Crippen LogP contribution in [0.3, 0.4) is 0 Å². The Bertz CT molecular complexity index is 2610. The van der Waals surface area contributed by atoms with E-state index in [1.54, 1.807) is 12.1 Å². The number of esters is 2. The fourth-order valence-electron chi connectivity index (χ4n) is 7.31. The molecule has 0 bridgehead atoms. The van der Waals surface area contributed by atoms with E-state index in [2.05, 4.69) is 9.47 Å². The second kappa shape index (κ2) is 21.3. The molecule has 6 rings (SSSR count). The molecular formula is C44H22BF24IO4S2. The van der Waals surface area contributed by atoms with Crippen LogP contribution >= 0.6 is 22.7 Å². The third-order valence-electron chi connectivity index (χ3n) is 10.5. The van der Waals surface area contributed by atoms with E-state index in [0.717, 1.165) is 5.77 Å². The van der Waals surface area contributed by atoms with Gasteiger partial charge in [0.05, 0.1) is 58.7 Å². The molecule has 0 saturated heterocycles. The van der Waals surface area contributed by atoms with Crippen molar-refractivity contribution in [2.24, 2.45) is 0 Å². The molecule has 0 radical (unpaired) electrons. The maximum Gasteiger partial charge on any atom is 0.416 e. The van der Waals surface area contributed by atoms with E-state index in [1.807, 2.05) is 12.1 Å². The highest BCUT2D eigenvalue weighted by Gasteiger charge is 2.47. The first-order chi connectivity index (χ1) is 34.4. The molecule has 0 spiro atoms. The number of benzene rings is 4. The summed E-state index contributed by atoms with van der Waals surface area (Å²) in [5.41, 5.74) is -30.2. The highest BCUT2D eigenvalue weighted by atomic mass is 127. The number of thiophene rings is 2. The van der Waals surface area contributed by atoms with Crippen molar-refractivity contribution in [1.82, 2.24) is 0 Å². The number of ether oxygens (including phenoxy) is 2. The van der Waals surface area contributed by atoms with Crippen molar-refractivity contribution in [2.45, 2.75) is 49.4 Å². The molecule has 2 heterocycles. The molecule has 0 fully saturated rings. The Morgan fingerprint density at radius 2 is 0.526 bits per heavy atom. The quantitative estimate of drug-likeness (QED) is 0.0660. The van der Waals surface area contributed by atoms with E-state index >= 15 is 0 Å². The van der Waals surface area contributed by atoms with Crippen LogP contribution < -0.4 is 43.1 Å². The van der Waals surface area contributed by atoms with E-state index in [-0.39, 0.29) is 33.1 Å². The van der Waals surface area contributed by atoms with Gasteiger partial charge in [-0.15, -0.1) is 0 Å². The molecule has 6 aromatic rings. The van der Waals surface area contributed by atoms with Crippen LogP contribution in [-0.4, -0.2) is 32.3 Å². The summed E-state index contributed by atoms with van der Waals surface area (Å²) in [7, 11) is 2.75. The van der Waals surface area contributed by atoms with Gasteiger partial charge < -0.3 is 9.47 Å². The molecule has 32 heteroatoms. The largest absolute Gasteiger partial charge is 0.465 e. The molecule has 0 aliphatic heterocycles. The normalized spacial score (nSPS) is 13.3. The molecule has 0 saturated carbocycles. The van der Waals surface area contributed by atoms with Gasteiger partial charge in [-0.2, -0.15) is 127 Å².